The fourth-order valence-electron chi connectivity index (χ4n) is 2.57. The normalized spacial score (nSPS) is 22.8. The Morgan fingerprint density at radius 1 is 1.21 bits per heavy atom. The highest BCUT2D eigenvalue weighted by atomic mass is 32.2. The van der Waals surface area contributed by atoms with Crippen molar-refractivity contribution in [2.75, 3.05) is 39.1 Å². The van der Waals surface area contributed by atoms with E-state index >= 15 is 0 Å². The molecule has 19 heavy (non-hydrogen) atoms. The summed E-state index contributed by atoms with van der Waals surface area (Å²) < 4.78 is 31.2. The summed E-state index contributed by atoms with van der Waals surface area (Å²) in [5, 5.41) is 3.36. The maximum Gasteiger partial charge on any atom is 0.214 e. The number of methoxy groups -OCH3 is 1. The monoisotopic (exact) mass is 290 g/mol. The first kappa shape index (κ1) is 15.2. The van der Waals surface area contributed by atoms with Crippen LogP contribution in [0, 0.1) is 5.92 Å². The average molecular weight is 290 g/mol. The molecule has 1 aliphatic carbocycles. The quantitative estimate of drug-likeness (QED) is 0.672. The second-order valence-corrected chi connectivity index (χ2v) is 7.78. The zero-order chi connectivity index (χ0) is 13.7. The first-order valence-electron chi connectivity index (χ1n) is 7.32. The van der Waals surface area contributed by atoms with Crippen LogP contribution >= 0.6 is 0 Å². The van der Waals surface area contributed by atoms with Gasteiger partial charge in [0, 0.05) is 32.8 Å². The second-order valence-electron chi connectivity index (χ2n) is 5.70. The van der Waals surface area contributed by atoms with Gasteiger partial charge < -0.3 is 10.1 Å². The molecule has 0 bridgehead atoms. The third-order valence-corrected chi connectivity index (χ3v) is 5.92. The molecule has 2 aliphatic rings. The Bertz CT molecular complexity index is 360. The summed E-state index contributed by atoms with van der Waals surface area (Å²) in [4.78, 5) is 0. The van der Waals surface area contributed by atoms with Crippen molar-refractivity contribution in [2.45, 2.75) is 38.1 Å². The fraction of sp³-hybridized carbons (Fsp3) is 1.00. The predicted molar refractivity (Wildman–Crippen MR) is 75.6 cm³/mol. The van der Waals surface area contributed by atoms with Crippen LogP contribution in [0.3, 0.4) is 0 Å². The minimum atomic E-state index is -3.05. The fourth-order valence-corrected chi connectivity index (χ4v) is 4.10. The van der Waals surface area contributed by atoms with Gasteiger partial charge in [0.1, 0.15) is 0 Å². The first-order chi connectivity index (χ1) is 9.12. The van der Waals surface area contributed by atoms with E-state index in [2.05, 4.69) is 5.32 Å². The van der Waals surface area contributed by atoms with Crippen LogP contribution in [0.5, 0.6) is 0 Å². The van der Waals surface area contributed by atoms with Gasteiger partial charge in [0.15, 0.2) is 0 Å². The molecule has 2 fully saturated rings. The van der Waals surface area contributed by atoms with Crippen LogP contribution in [0.4, 0.5) is 0 Å². The highest BCUT2D eigenvalue weighted by Gasteiger charge is 2.27. The van der Waals surface area contributed by atoms with Gasteiger partial charge >= 0.3 is 0 Å². The highest BCUT2D eigenvalue weighted by Crippen LogP contribution is 2.21. The molecule has 1 saturated heterocycles. The smallest absolute Gasteiger partial charge is 0.214 e. The topological polar surface area (TPSA) is 58.6 Å². The SMILES string of the molecule is COCC1CCN(S(=O)(=O)CCCNC2CC2)CC1. The Morgan fingerprint density at radius 3 is 2.47 bits per heavy atom. The van der Waals surface area contributed by atoms with Gasteiger partial charge in [0.25, 0.3) is 0 Å². The summed E-state index contributed by atoms with van der Waals surface area (Å²) >= 11 is 0. The maximum absolute atomic E-state index is 12.2. The van der Waals surface area contributed by atoms with E-state index in [1.165, 1.54) is 12.8 Å². The Hall–Kier alpha value is -0.170. The van der Waals surface area contributed by atoms with Gasteiger partial charge in [0.2, 0.25) is 10.0 Å². The molecule has 1 saturated carbocycles. The van der Waals surface area contributed by atoms with Crippen molar-refractivity contribution < 1.29 is 13.2 Å². The number of hydrogen-bond donors (Lipinski definition) is 1. The Kier molecular flexibility index (Phi) is 5.62. The van der Waals surface area contributed by atoms with Gasteiger partial charge in [-0.05, 0) is 44.6 Å². The average Bonchev–Trinajstić information content (AvgIpc) is 3.20. The zero-order valence-corrected chi connectivity index (χ0v) is 12.6. The number of nitrogens with zero attached hydrogens (tertiary/aromatic N) is 1. The van der Waals surface area contributed by atoms with Gasteiger partial charge in [-0.15, -0.1) is 0 Å². The summed E-state index contributed by atoms with van der Waals surface area (Å²) in [5.74, 6) is 0.801. The number of ether oxygens (including phenoxy) is 1. The summed E-state index contributed by atoms with van der Waals surface area (Å²) in [5.41, 5.74) is 0. The molecular formula is C13H26N2O3S. The van der Waals surface area contributed by atoms with E-state index in [-0.39, 0.29) is 5.75 Å². The number of sulfonamides is 1. The van der Waals surface area contributed by atoms with Crippen molar-refractivity contribution in [3.63, 3.8) is 0 Å². The van der Waals surface area contributed by atoms with Crippen LogP contribution in [0.1, 0.15) is 32.1 Å². The minimum Gasteiger partial charge on any atom is -0.384 e. The van der Waals surface area contributed by atoms with Gasteiger partial charge in [-0.1, -0.05) is 0 Å². The molecule has 0 atom stereocenters. The molecule has 112 valence electrons. The summed E-state index contributed by atoms with van der Waals surface area (Å²) in [6.07, 6.45) is 5.07. The molecule has 0 amide bonds. The molecule has 0 spiro atoms. The summed E-state index contributed by atoms with van der Waals surface area (Å²) in [6.45, 7) is 2.89. The first-order valence-corrected chi connectivity index (χ1v) is 8.93. The molecule has 6 heteroatoms. The molecule has 0 unspecified atom stereocenters. The largest absolute Gasteiger partial charge is 0.384 e. The molecule has 0 aromatic carbocycles. The van der Waals surface area contributed by atoms with Gasteiger partial charge in [-0.2, -0.15) is 0 Å². The van der Waals surface area contributed by atoms with Gasteiger partial charge in [-0.3, -0.25) is 0 Å². The maximum atomic E-state index is 12.2. The number of piperidine rings is 1. The number of nitrogens with one attached hydrogen (secondary N) is 1. The highest BCUT2D eigenvalue weighted by molar-refractivity contribution is 7.89. The van der Waals surface area contributed by atoms with Crippen LogP contribution in [0.2, 0.25) is 0 Å². The van der Waals surface area contributed by atoms with Crippen molar-refractivity contribution >= 4 is 10.0 Å². The van der Waals surface area contributed by atoms with Crippen molar-refractivity contribution in [2.24, 2.45) is 5.92 Å². The summed E-state index contributed by atoms with van der Waals surface area (Å²) in [7, 11) is -1.34. The van der Waals surface area contributed by atoms with Crippen LogP contribution in [-0.4, -0.2) is 57.9 Å². The van der Waals surface area contributed by atoms with Crippen LogP contribution < -0.4 is 5.32 Å². The second kappa shape index (κ2) is 7.02. The van der Waals surface area contributed by atoms with E-state index in [4.69, 9.17) is 4.74 Å². The van der Waals surface area contributed by atoms with Gasteiger partial charge in [-0.25, -0.2) is 12.7 Å². The lowest BCUT2D eigenvalue weighted by Crippen LogP contribution is -2.40. The predicted octanol–water partition coefficient (Wildman–Crippen LogP) is 0.817. The minimum absolute atomic E-state index is 0.279. The van der Waals surface area contributed by atoms with Gasteiger partial charge in [0.05, 0.1) is 5.75 Å². The molecule has 0 aromatic rings. The zero-order valence-electron chi connectivity index (χ0n) is 11.8. The Balaban J connectivity index is 1.67. The van der Waals surface area contributed by atoms with E-state index in [1.807, 2.05) is 0 Å². The van der Waals surface area contributed by atoms with E-state index in [1.54, 1.807) is 11.4 Å². The van der Waals surface area contributed by atoms with E-state index in [9.17, 15) is 8.42 Å². The molecule has 2 rings (SSSR count). The molecule has 5 nitrogen and oxygen atoms in total. The van der Waals surface area contributed by atoms with Crippen LogP contribution in [-0.2, 0) is 14.8 Å². The molecule has 0 radical (unpaired) electrons. The standard InChI is InChI=1S/C13H26N2O3S/c1-18-11-12-5-8-15(9-6-12)19(16,17)10-2-7-14-13-3-4-13/h12-14H,2-11H2,1H3. The van der Waals surface area contributed by atoms with E-state index in [0.29, 0.717) is 25.0 Å². The molecule has 1 heterocycles. The lowest BCUT2D eigenvalue weighted by Gasteiger charge is -2.30. The van der Waals surface area contributed by atoms with Crippen molar-refractivity contribution in [3.05, 3.63) is 0 Å². The van der Waals surface area contributed by atoms with E-state index in [0.717, 1.165) is 32.4 Å². The van der Waals surface area contributed by atoms with Crippen LogP contribution in [0.25, 0.3) is 0 Å². The third-order valence-electron chi connectivity index (χ3n) is 3.96. The van der Waals surface area contributed by atoms with Crippen LogP contribution in [0.15, 0.2) is 0 Å². The Morgan fingerprint density at radius 2 is 1.89 bits per heavy atom. The number of rotatable bonds is 8. The lowest BCUT2D eigenvalue weighted by atomic mass is 9.99. The molecule has 1 N–H and O–H groups in total. The third kappa shape index (κ3) is 5.02. The molecule has 1 aliphatic heterocycles. The molecular weight excluding hydrogens is 264 g/mol. The number of hydrogen-bond acceptors (Lipinski definition) is 4. The summed E-state index contributed by atoms with van der Waals surface area (Å²) in [6, 6.07) is 0.660. The molecule has 0 aromatic heterocycles. The van der Waals surface area contributed by atoms with Crippen molar-refractivity contribution in [1.82, 2.24) is 9.62 Å². The Labute approximate surface area is 116 Å². The van der Waals surface area contributed by atoms with Crippen molar-refractivity contribution in [3.8, 4) is 0 Å². The lowest BCUT2D eigenvalue weighted by molar-refractivity contribution is 0.121. The van der Waals surface area contributed by atoms with Crippen molar-refractivity contribution in [1.29, 1.82) is 0 Å². The van der Waals surface area contributed by atoms with E-state index < -0.39 is 10.0 Å².